The molecule has 5 heteroatoms. The van der Waals surface area contributed by atoms with Crippen molar-refractivity contribution in [2.24, 2.45) is 0 Å². The van der Waals surface area contributed by atoms with Gasteiger partial charge in [0.05, 0.1) is 5.69 Å². The van der Waals surface area contributed by atoms with Crippen molar-refractivity contribution < 1.29 is 9.59 Å². The molecule has 1 aromatic carbocycles. The molecule has 2 N–H and O–H groups in total. The molecule has 0 bridgehead atoms. The Labute approximate surface area is 118 Å². The molecule has 5 nitrogen and oxygen atoms in total. The highest BCUT2D eigenvalue weighted by Gasteiger charge is 2.09. The van der Waals surface area contributed by atoms with Crippen molar-refractivity contribution >= 4 is 22.6 Å². The standard InChI is InChI=1S/C15H19N3O2/c1-10(19)14-9-12-8-11(4-5-13(12)17-14)15(20)16-6-7-18(2)3/h4-5,8-9,17H,6-7H2,1-3H3,(H,16,20). The second-order valence-electron chi connectivity index (χ2n) is 5.10. The van der Waals surface area contributed by atoms with Crippen molar-refractivity contribution in [2.45, 2.75) is 6.92 Å². The molecule has 0 aliphatic heterocycles. The monoisotopic (exact) mass is 273 g/mol. The molecule has 0 aliphatic rings. The van der Waals surface area contributed by atoms with E-state index in [0.717, 1.165) is 17.4 Å². The highest BCUT2D eigenvalue weighted by atomic mass is 16.1. The van der Waals surface area contributed by atoms with E-state index in [4.69, 9.17) is 0 Å². The maximum atomic E-state index is 12.0. The van der Waals surface area contributed by atoms with Gasteiger partial charge < -0.3 is 15.2 Å². The van der Waals surface area contributed by atoms with Gasteiger partial charge in [0, 0.05) is 36.5 Å². The summed E-state index contributed by atoms with van der Waals surface area (Å²) >= 11 is 0. The summed E-state index contributed by atoms with van der Waals surface area (Å²) in [5.74, 6) is -0.113. The third-order valence-corrected chi connectivity index (χ3v) is 3.11. The van der Waals surface area contributed by atoms with Crippen LogP contribution in [0.1, 0.15) is 27.8 Å². The van der Waals surface area contributed by atoms with Gasteiger partial charge in [-0.2, -0.15) is 0 Å². The van der Waals surface area contributed by atoms with E-state index in [0.29, 0.717) is 17.8 Å². The summed E-state index contributed by atoms with van der Waals surface area (Å²) in [6.07, 6.45) is 0. The molecule has 1 aromatic heterocycles. The first-order chi connectivity index (χ1) is 9.47. The smallest absolute Gasteiger partial charge is 0.251 e. The molecule has 2 rings (SSSR count). The zero-order valence-corrected chi connectivity index (χ0v) is 12.0. The average molecular weight is 273 g/mol. The second-order valence-corrected chi connectivity index (χ2v) is 5.10. The first-order valence-corrected chi connectivity index (χ1v) is 6.54. The Bertz CT molecular complexity index is 644. The van der Waals surface area contributed by atoms with Gasteiger partial charge in [-0.05, 0) is 38.4 Å². The van der Waals surface area contributed by atoms with E-state index in [2.05, 4.69) is 10.3 Å². The summed E-state index contributed by atoms with van der Waals surface area (Å²) in [4.78, 5) is 28.4. The molecule has 1 heterocycles. The lowest BCUT2D eigenvalue weighted by molar-refractivity contribution is 0.0950. The van der Waals surface area contributed by atoms with Crippen LogP contribution in [0.15, 0.2) is 24.3 Å². The Morgan fingerprint density at radius 3 is 2.65 bits per heavy atom. The van der Waals surface area contributed by atoms with Crippen LogP contribution in [0.5, 0.6) is 0 Å². The number of H-pyrrole nitrogens is 1. The number of aromatic nitrogens is 1. The molecule has 0 atom stereocenters. The van der Waals surface area contributed by atoms with Gasteiger partial charge in [-0.15, -0.1) is 0 Å². The van der Waals surface area contributed by atoms with Crippen LogP contribution in [0, 0.1) is 0 Å². The third-order valence-electron chi connectivity index (χ3n) is 3.11. The molecule has 0 aliphatic carbocycles. The average Bonchev–Trinajstić information content (AvgIpc) is 2.81. The molecular formula is C15H19N3O2. The molecule has 0 radical (unpaired) electrons. The zero-order valence-electron chi connectivity index (χ0n) is 12.0. The summed E-state index contributed by atoms with van der Waals surface area (Å²) in [5, 5.41) is 3.74. The van der Waals surface area contributed by atoms with Gasteiger partial charge in [0.2, 0.25) is 0 Å². The number of carbonyl (C=O) groups excluding carboxylic acids is 2. The molecule has 20 heavy (non-hydrogen) atoms. The molecule has 1 amide bonds. The number of aromatic amines is 1. The summed E-state index contributed by atoms with van der Waals surface area (Å²) < 4.78 is 0. The fourth-order valence-corrected chi connectivity index (χ4v) is 1.96. The minimum absolute atomic E-state index is 0.0156. The number of hydrogen-bond acceptors (Lipinski definition) is 3. The van der Waals surface area contributed by atoms with Crippen LogP contribution in [0.25, 0.3) is 10.9 Å². The lowest BCUT2D eigenvalue weighted by Gasteiger charge is -2.10. The van der Waals surface area contributed by atoms with Crippen LogP contribution in [0.3, 0.4) is 0 Å². The molecule has 0 saturated heterocycles. The third kappa shape index (κ3) is 3.24. The number of nitrogens with zero attached hydrogens (tertiary/aromatic N) is 1. The lowest BCUT2D eigenvalue weighted by atomic mass is 10.1. The SMILES string of the molecule is CC(=O)c1cc2cc(C(=O)NCCN(C)C)ccc2[nH]1. The second kappa shape index (κ2) is 5.88. The molecule has 0 unspecified atom stereocenters. The van der Waals surface area contributed by atoms with Crippen molar-refractivity contribution in [2.75, 3.05) is 27.2 Å². The predicted octanol–water partition coefficient (Wildman–Crippen LogP) is 1.66. The molecule has 0 spiro atoms. The molecular weight excluding hydrogens is 254 g/mol. The molecule has 0 saturated carbocycles. The summed E-state index contributed by atoms with van der Waals surface area (Å²) in [6.45, 7) is 2.92. The first kappa shape index (κ1) is 14.3. The van der Waals surface area contributed by atoms with Gasteiger partial charge in [0.25, 0.3) is 5.91 Å². The Morgan fingerprint density at radius 2 is 2.00 bits per heavy atom. The minimum atomic E-state index is -0.0978. The Hall–Kier alpha value is -2.14. The van der Waals surface area contributed by atoms with Gasteiger partial charge in [-0.3, -0.25) is 9.59 Å². The van der Waals surface area contributed by atoms with Crippen molar-refractivity contribution in [3.8, 4) is 0 Å². The lowest BCUT2D eigenvalue weighted by Crippen LogP contribution is -2.31. The normalized spacial score (nSPS) is 11.0. The van der Waals surface area contributed by atoms with Gasteiger partial charge >= 0.3 is 0 Å². The number of carbonyl (C=O) groups is 2. The zero-order chi connectivity index (χ0) is 14.7. The number of Topliss-reactive ketones (excluding diaryl/α,β-unsaturated/α-hetero) is 1. The summed E-state index contributed by atoms with van der Waals surface area (Å²) in [6, 6.07) is 7.15. The number of rotatable bonds is 5. The first-order valence-electron chi connectivity index (χ1n) is 6.54. The van der Waals surface area contributed by atoms with Crippen molar-refractivity contribution in [3.63, 3.8) is 0 Å². The Balaban J connectivity index is 2.14. The largest absolute Gasteiger partial charge is 0.352 e. The maximum Gasteiger partial charge on any atom is 0.251 e. The number of benzene rings is 1. The minimum Gasteiger partial charge on any atom is -0.352 e. The maximum absolute atomic E-state index is 12.0. The number of fused-ring (bicyclic) bond motifs is 1. The fourth-order valence-electron chi connectivity index (χ4n) is 1.96. The van der Waals surface area contributed by atoms with E-state index in [-0.39, 0.29) is 11.7 Å². The number of ketones is 1. The van der Waals surface area contributed by atoms with Gasteiger partial charge in [-0.1, -0.05) is 0 Å². The van der Waals surface area contributed by atoms with Gasteiger partial charge in [-0.25, -0.2) is 0 Å². The van der Waals surface area contributed by atoms with Crippen LogP contribution in [0.4, 0.5) is 0 Å². The van der Waals surface area contributed by atoms with Crippen LogP contribution in [-0.2, 0) is 0 Å². The van der Waals surface area contributed by atoms with Crippen molar-refractivity contribution in [1.82, 2.24) is 15.2 Å². The van der Waals surface area contributed by atoms with E-state index in [1.54, 1.807) is 18.2 Å². The fraction of sp³-hybridized carbons (Fsp3) is 0.333. The van der Waals surface area contributed by atoms with Crippen LogP contribution < -0.4 is 5.32 Å². The van der Waals surface area contributed by atoms with Crippen LogP contribution in [0.2, 0.25) is 0 Å². The van der Waals surface area contributed by atoms with Gasteiger partial charge in [0.1, 0.15) is 0 Å². The quantitative estimate of drug-likeness (QED) is 0.814. The van der Waals surface area contributed by atoms with Crippen LogP contribution in [-0.4, -0.2) is 48.8 Å². The molecule has 106 valence electrons. The number of likely N-dealkylation sites (N-methyl/N-ethyl adjacent to an activating group) is 1. The molecule has 0 fully saturated rings. The highest BCUT2D eigenvalue weighted by Crippen LogP contribution is 2.17. The van der Waals surface area contributed by atoms with Crippen molar-refractivity contribution in [3.05, 3.63) is 35.5 Å². The number of hydrogen-bond donors (Lipinski definition) is 2. The van der Waals surface area contributed by atoms with Crippen LogP contribution >= 0.6 is 0 Å². The predicted molar refractivity (Wildman–Crippen MR) is 79.2 cm³/mol. The summed E-state index contributed by atoms with van der Waals surface area (Å²) in [5.41, 5.74) is 2.02. The molecule has 2 aromatic rings. The van der Waals surface area contributed by atoms with E-state index in [1.165, 1.54) is 6.92 Å². The van der Waals surface area contributed by atoms with Gasteiger partial charge in [0.15, 0.2) is 5.78 Å². The highest BCUT2D eigenvalue weighted by molar-refractivity contribution is 6.01. The van der Waals surface area contributed by atoms with Crippen molar-refractivity contribution in [1.29, 1.82) is 0 Å². The van der Waals surface area contributed by atoms with E-state index in [1.807, 2.05) is 25.1 Å². The van der Waals surface area contributed by atoms with E-state index >= 15 is 0 Å². The Morgan fingerprint density at radius 1 is 1.25 bits per heavy atom. The number of nitrogens with one attached hydrogen (secondary N) is 2. The Kier molecular flexibility index (Phi) is 4.20. The van der Waals surface area contributed by atoms with E-state index < -0.39 is 0 Å². The summed E-state index contributed by atoms with van der Waals surface area (Å²) in [7, 11) is 3.92. The number of amides is 1. The topological polar surface area (TPSA) is 65.2 Å². The van der Waals surface area contributed by atoms with E-state index in [9.17, 15) is 9.59 Å².